The summed E-state index contributed by atoms with van der Waals surface area (Å²) in [5.41, 5.74) is 1.48. The van der Waals surface area contributed by atoms with Crippen LogP contribution in [0.2, 0.25) is 0 Å². The predicted molar refractivity (Wildman–Crippen MR) is 116 cm³/mol. The molecule has 1 fully saturated rings. The van der Waals surface area contributed by atoms with Crippen molar-refractivity contribution >= 4 is 17.7 Å². The van der Waals surface area contributed by atoms with E-state index in [1.54, 1.807) is 24.3 Å². The maximum atomic E-state index is 14.5. The highest BCUT2D eigenvalue weighted by molar-refractivity contribution is 6.16. The minimum Gasteiger partial charge on any atom is -0.487 e. The van der Waals surface area contributed by atoms with Crippen molar-refractivity contribution in [1.29, 1.82) is 0 Å². The van der Waals surface area contributed by atoms with Crippen molar-refractivity contribution in [3.63, 3.8) is 0 Å². The third-order valence-electron chi connectivity index (χ3n) is 5.77. The van der Waals surface area contributed by atoms with Gasteiger partial charge in [0.1, 0.15) is 5.70 Å². The standard InChI is InChI=1S/C23H27F3N4O/c1-3-29-14-19-22(30(4-2)15-29)28-21(27-19)8-6-16-5-7-20(18(24)13-16)31-17-9-11-23(25,26)12-10-17/h5-8,13-14,17H,3-4,9-12,15H2,1-2H3/b8-6+. The van der Waals surface area contributed by atoms with E-state index in [1.165, 1.54) is 6.07 Å². The summed E-state index contributed by atoms with van der Waals surface area (Å²) in [6, 6.07) is 4.65. The smallest absolute Gasteiger partial charge is 0.248 e. The topological polar surface area (TPSA) is 40.4 Å². The number of likely N-dealkylation sites (N-methyl/N-ethyl adjacent to an activating group) is 1. The normalized spacial score (nSPS) is 21.1. The van der Waals surface area contributed by atoms with Crippen LogP contribution in [0.5, 0.6) is 5.75 Å². The van der Waals surface area contributed by atoms with Gasteiger partial charge in [0.25, 0.3) is 0 Å². The number of benzene rings is 1. The van der Waals surface area contributed by atoms with Crippen molar-refractivity contribution in [3.8, 4) is 5.75 Å². The number of fused-ring (bicyclic) bond motifs is 1. The summed E-state index contributed by atoms with van der Waals surface area (Å²) in [6.07, 6.45) is 5.18. The number of halogens is 3. The molecule has 3 aliphatic rings. The van der Waals surface area contributed by atoms with E-state index < -0.39 is 11.7 Å². The molecule has 0 bridgehead atoms. The van der Waals surface area contributed by atoms with Crippen LogP contribution in [0.3, 0.4) is 0 Å². The molecule has 0 N–H and O–H groups in total. The summed E-state index contributed by atoms with van der Waals surface area (Å²) in [7, 11) is 0. The number of alkyl halides is 2. The second-order valence-electron chi connectivity index (χ2n) is 8.02. The average Bonchev–Trinajstić information content (AvgIpc) is 3.17. The Balaban J connectivity index is 1.42. The molecule has 1 aliphatic carbocycles. The zero-order chi connectivity index (χ0) is 22.0. The highest BCUT2D eigenvalue weighted by Gasteiger charge is 2.36. The molecule has 1 aromatic carbocycles. The second-order valence-corrected chi connectivity index (χ2v) is 8.02. The van der Waals surface area contributed by atoms with Gasteiger partial charge in [0.2, 0.25) is 5.92 Å². The quantitative estimate of drug-likeness (QED) is 0.631. The molecule has 0 aromatic heterocycles. The molecule has 5 nitrogen and oxygen atoms in total. The minimum atomic E-state index is -2.63. The Morgan fingerprint density at radius 2 is 1.90 bits per heavy atom. The van der Waals surface area contributed by atoms with Gasteiger partial charge in [0, 0.05) is 32.1 Å². The monoisotopic (exact) mass is 432 g/mol. The molecule has 1 saturated carbocycles. The zero-order valence-corrected chi connectivity index (χ0v) is 17.8. The fourth-order valence-electron chi connectivity index (χ4n) is 3.90. The molecule has 0 spiro atoms. The van der Waals surface area contributed by atoms with Crippen LogP contribution in [-0.2, 0) is 0 Å². The number of aliphatic imine (C=N–C) groups is 2. The Labute approximate surface area is 180 Å². The van der Waals surface area contributed by atoms with Gasteiger partial charge in [-0.05, 0) is 50.5 Å². The van der Waals surface area contributed by atoms with Gasteiger partial charge in [-0.15, -0.1) is 0 Å². The number of ether oxygens (including phenoxy) is 1. The summed E-state index contributed by atoms with van der Waals surface area (Å²) in [6.45, 7) is 6.69. The van der Waals surface area contributed by atoms with Crippen molar-refractivity contribution in [3.05, 3.63) is 47.6 Å². The Morgan fingerprint density at radius 3 is 2.58 bits per heavy atom. The predicted octanol–water partition coefficient (Wildman–Crippen LogP) is 5.06. The largest absolute Gasteiger partial charge is 0.487 e. The van der Waals surface area contributed by atoms with E-state index in [4.69, 9.17) is 4.74 Å². The summed E-state index contributed by atoms with van der Waals surface area (Å²) in [5.74, 6) is -1.61. The molecule has 4 rings (SSSR count). The number of rotatable bonds is 6. The molecule has 31 heavy (non-hydrogen) atoms. The molecule has 8 heteroatoms. The van der Waals surface area contributed by atoms with Gasteiger partial charge in [0.05, 0.1) is 12.8 Å². The van der Waals surface area contributed by atoms with Crippen LogP contribution in [0.25, 0.3) is 6.08 Å². The van der Waals surface area contributed by atoms with Gasteiger partial charge in [-0.2, -0.15) is 0 Å². The van der Waals surface area contributed by atoms with Crippen LogP contribution in [-0.4, -0.2) is 53.3 Å². The lowest BCUT2D eigenvalue weighted by molar-refractivity contribution is -0.0586. The van der Waals surface area contributed by atoms with Crippen LogP contribution >= 0.6 is 0 Å². The van der Waals surface area contributed by atoms with Gasteiger partial charge in [0.15, 0.2) is 23.2 Å². The average molecular weight is 432 g/mol. The summed E-state index contributed by atoms with van der Waals surface area (Å²) in [4.78, 5) is 13.5. The molecular weight excluding hydrogens is 405 g/mol. The molecule has 0 amide bonds. The Kier molecular flexibility index (Phi) is 6.07. The van der Waals surface area contributed by atoms with E-state index >= 15 is 0 Å². The van der Waals surface area contributed by atoms with Gasteiger partial charge in [-0.1, -0.05) is 12.1 Å². The highest BCUT2D eigenvalue weighted by atomic mass is 19.3. The van der Waals surface area contributed by atoms with Crippen molar-refractivity contribution in [2.24, 2.45) is 9.98 Å². The molecule has 166 valence electrons. The maximum Gasteiger partial charge on any atom is 0.248 e. The van der Waals surface area contributed by atoms with Gasteiger partial charge in [-0.3, -0.25) is 0 Å². The third kappa shape index (κ3) is 4.94. The van der Waals surface area contributed by atoms with Crippen LogP contribution in [0.4, 0.5) is 13.2 Å². The lowest BCUT2D eigenvalue weighted by Gasteiger charge is -2.33. The Hall–Kier alpha value is -2.77. The molecule has 0 saturated heterocycles. The summed E-state index contributed by atoms with van der Waals surface area (Å²) >= 11 is 0. The van der Waals surface area contributed by atoms with Gasteiger partial charge in [-0.25, -0.2) is 23.2 Å². The molecular formula is C23H27F3N4O. The van der Waals surface area contributed by atoms with Crippen molar-refractivity contribution in [1.82, 2.24) is 9.80 Å². The fraction of sp³-hybridized carbons (Fsp3) is 0.478. The summed E-state index contributed by atoms with van der Waals surface area (Å²) < 4.78 is 46.7. The maximum absolute atomic E-state index is 14.5. The SMILES string of the molecule is CCN1C=C2N=C(/C=C/c3ccc(OC4CCC(F)(F)CC4)c(F)c3)N=C2N(CC)C1. The molecule has 0 atom stereocenters. The zero-order valence-electron chi connectivity index (χ0n) is 17.8. The van der Waals surface area contributed by atoms with Gasteiger partial charge < -0.3 is 14.5 Å². The van der Waals surface area contributed by atoms with E-state index in [9.17, 15) is 13.2 Å². The first-order valence-electron chi connectivity index (χ1n) is 10.8. The van der Waals surface area contributed by atoms with Crippen molar-refractivity contribution in [2.45, 2.75) is 51.6 Å². The molecule has 0 unspecified atom stereocenters. The van der Waals surface area contributed by atoms with Crippen LogP contribution in [0, 0.1) is 5.82 Å². The number of amidine groups is 2. The van der Waals surface area contributed by atoms with Gasteiger partial charge >= 0.3 is 0 Å². The van der Waals surface area contributed by atoms with Crippen LogP contribution in [0.1, 0.15) is 45.1 Å². The minimum absolute atomic E-state index is 0.0974. The highest BCUT2D eigenvalue weighted by Crippen LogP contribution is 2.35. The van der Waals surface area contributed by atoms with Crippen molar-refractivity contribution < 1.29 is 17.9 Å². The lowest BCUT2D eigenvalue weighted by atomic mass is 9.94. The first-order chi connectivity index (χ1) is 14.9. The van der Waals surface area contributed by atoms with Crippen molar-refractivity contribution in [2.75, 3.05) is 19.8 Å². The van der Waals surface area contributed by atoms with Crippen LogP contribution < -0.4 is 4.74 Å². The second kappa shape index (κ2) is 8.77. The number of hydrogen-bond acceptors (Lipinski definition) is 5. The van der Waals surface area contributed by atoms with E-state index in [1.807, 2.05) is 6.20 Å². The molecule has 0 radical (unpaired) electrons. The molecule has 1 aromatic rings. The Morgan fingerprint density at radius 1 is 1.13 bits per heavy atom. The third-order valence-corrected chi connectivity index (χ3v) is 5.77. The molecule has 2 heterocycles. The molecule has 2 aliphatic heterocycles. The first-order valence-corrected chi connectivity index (χ1v) is 10.8. The fourth-order valence-corrected chi connectivity index (χ4v) is 3.90. The number of hydrogen-bond donors (Lipinski definition) is 0. The Bertz CT molecular complexity index is 944. The van der Waals surface area contributed by atoms with E-state index in [2.05, 4.69) is 33.6 Å². The van der Waals surface area contributed by atoms with E-state index in [-0.39, 0.29) is 37.5 Å². The first kappa shape index (κ1) is 21.5. The van der Waals surface area contributed by atoms with Crippen LogP contribution in [0.15, 0.2) is 46.2 Å². The lowest BCUT2D eigenvalue weighted by Crippen LogP contribution is -2.43. The van der Waals surface area contributed by atoms with E-state index in [0.29, 0.717) is 11.4 Å². The van der Waals surface area contributed by atoms with E-state index in [0.717, 1.165) is 31.3 Å². The summed E-state index contributed by atoms with van der Waals surface area (Å²) in [5, 5.41) is 0. The number of nitrogens with zero attached hydrogens (tertiary/aromatic N) is 4.